The molecule has 1 aromatic carbocycles. The summed E-state index contributed by atoms with van der Waals surface area (Å²) < 4.78 is 0. The molecule has 5 nitrogen and oxygen atoms in total. The Morgan fingerprint density at radius 2 is 1.61 bits per heavy atom. The van der Waals surface area contributed by atoms with Crippen molar-refractivity contribution in [2.45, 2.75) is 33.1 Å². The number of hydrogen-bond acceptors (Lipinski definition) is 3. The molecule has 1 heterocycles. The van der Waals surface area contributed by atoms with Crippen LogP contribution in [0.4, 0.5) is 11.4 Å². The van der Waals surface area contributed by atoms with E-state index in [1.807, 2.05) is 26.0 Å². The van der Waals surface area contributed by atoms with E-state index in [1.165, 1.54) is 0 Å². The van der Waals surface area contributed by atoms with Crippen LogP contribution < -0.4 is 16.0 Å². The summed E-state index contributed by atoms with van der Waals surface area (Å²) in [5.41, 5.74) is 1.51. The highest BCUT2D eigenvalue weighted by Crippen LogP contribution is 2.18. The van der Waals surface area contributed by atoms with Gasteiger partial charge in [-0.1, -0.05) is 13.8 Å². The van der Waals surface area contributed by atoms with Crippen LogP contribution in [0.25, 0.3) is 0 Å². The van der Waals surface area contributed by atoms with Crippen molar-refractivity contribution in [1.82, 2.24) is 5.32 Å². The fourth-order valence-electron chi connectivity index (χ4n) is 2.48. The first-order chi connectivity index (χ1) is 10.5. The van der Waals surface area contributed by atoms with Gasteiger partial charge < -0.3 is 16.0 Å². The molecule has 2 amide bonds. The molecular formula is C17H26ClN3O2. The van der Waals surface area contributed by atoms with Gasteiger partial charge >= 0.3 is 0 Å². The molecule has 0 radical (unpaired) electrons. The standard InChI is InChI=1S/C17H25N3O2.ClH/c1-12(2)17(22)20-15-5-3-14(4-6-15)19-16(21)11-13-7-9-18-10-8-13;/h3-6,12-13,18H,7-11H2,1-2H3,(H,19,21)(H,20,22);1H. The van der Waals surface area contributed by atoms with Crippen LogP contribution in [0.15, 0.2) is 24.3 Å². The van der Waals surface area contributed by atoms with Gasteiger partial charge in [-0.2, -0.15) is 0 Å². The van der Waals surface area contributed by atoms with Gasteiger partial charge in [-0.25, -0.2) is 0 Å². The van der Waals surface area contributed by atoms with Gasteiger partial charge in [0.25, 0.3) is 0 Å². The van der Waals surface area contributed by atoms with E-state index in [9.17, 15) is 9.59 Å². The molecule has 128 valence electrons. The average Bonchev–Trinajstić information content (AvgIpc) is 2.50. The summed E-state index contributed by atoms with van der Waals surface area (Å²) in [6.07, 6.45) is 2.70. The summed E-state index contributed by atoms with van der Waals surface area (Å²) in [4.78, 5) is 23.6. The number of benzene rings is 1. The predicted molar refractivity (Wildman–Crippen MR) is 96.0 cm³/mol. The zero-order valence-corrected chi connectivity index (χ0v) is 14.5. The molecule has 0 aromatic heterocycles. The van der Waals surface area contributed by atoms with Crippen LogP contribution in [0.3, 0.4) is 0 Å². The molecule has 1 fully saturated rings. The van der Waals surface area contributed by atoms with E-state index in [0.717, 1.165) is 37.3 Å². The molecule has 0 unspecified atom stereocenters. The van der Waals surface area contributed by atoms with Crippen LogP contribution in [0.1, 0.15) is 33.1 Å². The Hall–Kier alpha value is -1.59. The third-order valence-electron chi connectivity index (χ3n) is 3.89. The first kappa shape index (κ1) is 19.5. The number of carbonyl (C=O) groups is 2. The molecule has 1 saturated heterocycles. The number of halogens is 1. The van der Waals surface area contributed by atoms with Crippen LogP contribution in [0, 0.1) is 11.8 Å². The lowest BCUT2D eigenvalue weighted by atomic mass is 9.94. The Bertz CT molecular complexity index is 511. The zero-order valence-electron chi connectivity index (χ0n) is 13.7. The van der Waals surface area contributed by atoms with E-state index in [-0.39, 0.29) is 30.1 Å². The minimum absolute atomic E-state index is 0. The minimum atomic E-state index is -0.0515. The number of rotatable bonds is 5. The topological polar surface area (TPSA) is 70.2 Å². The van der Waals surface area contributed by atoms with Crippen LogP contribution in [-0.4, -0.2) is 24.9 Å². The Morgan fingerprint density at radius 3 is 2.13 bits per heavy atom. The third-order valence-corrected chi connectivity index (χ3v) is 3.89. The maximum absolute atomic E-state index is 12.0. The van der Waals surface area contributed by atoms with Gasteiger partial charge in [0.1, 0.15) is 0 Å². The van der Waals surface area contributed by atoms with Crippen molar-refractivity contribution in [2.75, 3.05) is 23.7 Å². The van der Waals surface area contributed by atoms with Gasteiger partial charge in [-0.05, 0) is 56.1 Å². The predicted octanol–water partition coefficient (Wildman–Crippen LogP) is 3.03. The highest BCUT2D eigenvalue weighted by Gasteiger charge is 2.16. The number of piperidine rings is 1. The maximum atomic E-state index is 12.0. The second-order valence-corrected chi connectivity index (χ2v) is 6.17. The summed E-state index contributed by atoms with van der Waals surface area (Å²) in [5, 5.41) is 9.05. The molecule has 0 spiro atoms. The van der Waals surface area contributed by atoms with E-state index < -0.39 is 0 Å². The minimum Gasteiger partial charge on any atom is -0.326 e. The summed E-state index contributed by atoms with van der Waals surface area (Å²) in [5.74, 6) is 0.476. The third kappa shape index (κ3) is 6.59. The second-order valence-electron chi connectivity index (χ2n) is 6.17. The molecule has 2 rings (SSSR count). The van der Waals surface area contributed by atoms with E-state index in [2.05, 4.69) is 16.0 Å². The van der Waals surface area contributed by atoms with Crippen molar-refractivity contribution in [3.8, 4) is 0 Å². The Morgan fingerprint density at radius 1 is 1.09 bits per heavy atom. The monoisotopic (exact) mass is 339 g/mol. The molecule has 1 aliphatic heterocycles. The SMILES string of the molecule is CC(C)C(=O)Nc1ccc(NC(=O)CC2CCNCC2)cc1.Cl. The van der Waals surface area contributed by atoms with Gasteiger partial charge in [-0.3, -0.25) is 9.59 Å². The average molecular weight is 340 g/mol. The van der Waals surface area contributed by atoms with E-state index in [0.29, 0.717) is 12.3 Å². The lowest BCUT2D eigenvalue weighted by molar-refractivity contribution is -0.119. The maximum Gasteiger partial charge on any atom is 0.226 e. The van der Waals surface area contributed by atoms with Gasteiger partial charge in [0.15, 0.2) is 0 Å². The molecule has 6 heteroatoms. The summed E-state index contributed by atoms with van der Waals surface area (Å²) >= 11 is 0. The summed E-state index contributed by atoms with van der Waals surface area (Å²) in [6, 6.07) is 7.24. The van der Waals surface area contributed by atoms with Crippen LogP contribution in [0.5, 0.6) is 0 Å². The zero-order chi connectivity index (χ0) is 15.9. The lowest BCUT2D eigenvalue weighted by Gasteiger charge is -2.21. The van der Waals surface area contributed by atoms with Crippen molar-refractivity contribution in [3.63, 3.8) is 0 Å². The number of hydrogen-bond donors (Lipinski definition) is 3. The first-order valence-electron chi connectivity index (χ1n) is 7.96. The highest BCUT2D eigenvalue weighted by atomic mass is 35.5. The summed E-state index contributed by atoms with van der Waals surface area (Å²) in [6.45, 7) is 5.71. The normalized spacial score (nSPS) is 14.9. The molecule has 1 aliphatic rings. The highest BCUT2D eigenvalue weighted by molar-refractivity contribution is 5.93. The first-order valence-corrected chi connectivity index (χ1v) is 7.96. The molecule has 0 bridgehead atoms. The quantitative estimate of drug-likeness (QED) is 0.772. The van der Waals surface area contributed by atoms with Crippen molar-refractivity contribution >= 4 is 35.6 Å². The molecule has 23 heavy (non-hydrogen) atoms. The lowest BCUT2D eigenvalue weighted by Crippen LogP contribution is -2.30. The van der Waals surface area contributed by atoms with Crippen LogP contribution >= 0.6 is 12.4 Å². The fourth-order valence-corrected chi connectivity index (χ4v) is 2.48. The van der Waals surface area contributed by atoms with Gasteiger partial charge in [0.2, 0.25) is 11.8 Å². The second kappa shape index (κ2) is 9.53. The fraction of sp³-hybridized carbons (Fsp3) is 0.529. The van der Waals surface area contributed by atoms with Gasteiger partial charge in [0.05, 0.1) is 0 Å². The number of nitrogens with one attached hydrogen (secondary N) is 3. The van der Waals surface area contributed by atoms with Crippen molar-refractivity contribution in [3.05, 3.63) is 24.3 Å². The Kier molecular flexibility index (Phi) is 8.06. The van der Waals surface area contributed by atoms with Gasteiger partial charge in [0, 0.05) is 23.7 Å². The van der Waals surface area contributed by atoms with Crippen LogP contribution in [-0.2, 0) is 9.59 Å². The van der Waals surface area contributed by atoms with E-state index in [1.54, 1.807) is 12.1 Å². The Balaban J connectivity index is 0.00000264. The van der Waals surface area contributed by atoms with E-state index in [4.69, 9.17) is 0 Å². The number of amides is 2. The van der Waals surface area contributed by atoms with Gasteiger partial charge in [-0.15, -0.1) is 12.4 Å². The molecular weight excluding hydrogens is 314 g/mol. The smallest absolute Gasteiger partial charge is 0.226 e. The number of anilines is 2. The van der Waals surface area contributed by atoms with Crippen LogP contribution in [0.2, 0.25) is 0 Å². The largest absolute Gasteiger partial charge is 0.326 e. The molecule has 0 aliphatic carbocycles. The molecule has 0 atom stereocenters. The van der Waals surface area contributed by atoms with Crippen molar-refractivity contribution in [2.24, 2.45) is 11.8 Å². The molecule has 0 saturated carbocycles. The van der Waals surface area contributed by atoms with E-state index >= 15 is 0 Å². The van der Waals surface area contributed by atoms with Crippen molar-refractivity contribution in [1.29, 1.82) is 0 Å². The summed E-state index contributed by atoms with van der Waals surface area (Å²) in [7, 11) is 0. The number of carbonyl (C=O) groups excluding carboxylic acids is 2. The van der Waals surface area contributed by atoms with Crippen molar-refractivity contribution < 1.29 is 9.59 Å². The Labute approximate surface area is 144 Å². The molecule has 3 N–H and O–H groups in total. The molecule has 1 aromatic rings.